The number of nitrogens with one attached hydrogen (secondary N) is 1. The number of hydrogen-bond acceptors (Lipinski definition) is 2. The van der Waals surface area contributed by atoms with Crippen LogP contribution in [-0.4, -0.2) is 12.0 Å². The second-order valence-electron chi connectivity index (χ2n) is 4.87. The van der Waals surface area contributed by atoms with Gasteiger partial charge in [0.1, 0.15) is 5.75 Å². The molecule has 0 fully saturated rings. The third-order valence-corrected chi connectivity index (χ3v) is 3.63. The number of benzene rings is 2. The Balaban J connectivity index is 1.73. The molecule has 0 radical (unpaired) electrons. The number of halogens is 1. The van der Waals surface area contributed by atoms with Crippen LogP contribution in [0.15, 0.2) is 42.5 Å². The van der Waals surface area contributed by atoms with E-state index in [1.807, 2.05) is 37.3 Å². The summed E-state index contributed by atoms with van der Waals surface area (Å²) in [6.45, 7) is 1.96. The number of para-hydroxylation sites is 1. The lowest BCUT2D eigenvalue weighted by atomic mass is 10.1. The number of fused-ring (bicyclic) bond motifs is 1. The summed E-state index contributed by atoms with van der Waals surface area (Å²) in [6, 6.07) is 13.1. The molecule has 0 bridgehead atoms. The van der Waals surface area contributed by atoms with Crippen LogP contribution in [0.5, 0.6) is 5.75 Å². The molecule has 0 spiro atoms. The number of ether oxygens (including phenoxy) is 1. The second-order valence-corrected chi connectivity index (χ2v) is 5.30. The van der Waals surface area contributed by atoms with Crippen molar-refractivity contribution < 1.29 is 9.53 Å². The van der Waals surface area contributed by atoms with E-state index in [2.05, 4.69) is 5.32 Å². The third kappa shape index (κ3) is 2.49. The van der Waals surface area contributed by atoms with Crippen molar-refractivity contribution in [3.8, 4) is 5.75 Å². The van der Waals surface area contributed by atoms with Crippen LogP contribution in [0.3, 0.4) is 0 Å². The first-order valence-electron chi connectivity index (χ1n) is 6.45. The first-order valence-corrected chi connectivity index (χ1v) is 6.83. The summed E-state index contributed by atoms with van der Waals surface area (Å²) in [4.78, 5) is 12.3. The normalized spacial score (nSPS) is 16.4. The van der Waals surface area contributed by atoms with Gasteiger partial charge in [-0.2, -0.15) is 0 Å². The van der Waals surface area contributed by atoms with Crippen LogP contribution in [0, 0.1) is 6.92 Å². The average Bonchev–Trinajstić information content (AvgIpc) is 2.84. The minimum absolute atomic E-state index is 0.133. The summed E-state index contributed by atoms with van der Waals surface area (Å²) >= 11 is 5.95. The van der Waals surface area contributed by atoms with Gasteiger partial charge in [-0.3, -0.25) is 4.79 Å². The van der Waals surface area contributed by atoms with Gasteiger partial charge < -0.3 is 10.1 Å². The zero-order valence-corrected chi connectivity index (χ0v) is 11.8. The standard InChI is InChI=1S/C16H14ClNO2/c1-10-4-2-3-5-13(10)18-16(19)15-9-11-8-12(17)6-7-14(11)20-15/h2-8,15H,9H2,1H3,(H,18,19)/t15-/m1/s1. The molecule has 0 unspecified atom stereocenters. The van der Waals surface area contributed by atoms with Crippen molar-refractivity contribution in [3.63, 3.8) is 0 Å². The summed E-state index contributed by atoms with van der Waals surface area (Å²) in [5, 5.41) is 3.56. The molecule has 20 heavy (non-hydrogen) atoms. The largest absolute Gasteiger partial charge is 0.480 e. The summed E-state index contributed by atoms with van der Waals surface area (Å²) in [5.74, 6) is 0.603. The summed E-state index contributed by atoms with van der Waals surface area (Å²) in [7, 11) is 0. The van der Waals surface area contributed by atoms with E-state index in [9.17, 15) is 4.79 Å². The van der Waals surface area contributed by atoms with E-state index in [-0.39, 0.29) is 5.91 Å². The first kappa shape index (κ1) is 13.0. The smallest absolute Gasteiger partial charge is 0.265 e. The Kier molecular flexibility index (Phi) is 3.36. The molecule has 0 aliphatic carbocycles. The number of hydrogen-bond donors (Lipinski definition) is 1. The van der Waals surface area contributed by atoms with Crippen LogP contribution in [0.25, 0.3) is 0 Å². The van der Waals surface area contributed by atoms with Crippen LogP contribution in [0.4, 0.5) is 5.69 Å². The van der Waals surface area contributed by atoms with Crippen molar-refractivity contribution in [3.05, 3.63) is 58.6 Å². The highest BCUT2D eigenvalue weighted by atomic mass is 35.5. The molecule has 1 aliphatic heterocycles. The van der Waals surface area contributed by atoms with E-state index in [4.69, 9.17) is 16.3 Å². The molecule has 4 heteroatoms. The Bertz CT molecular complexity index is 669. The van der Waals surface area contributed by atoms with Crippen molar-refractivity contribution in [1.82, 2.24) is 0 Å². The van der Waals surface area contributed by atoms with Crippen molar-refractivity contribution in [2.24, 2.45) is 0 Å². The maximum atomic E-state index is 12.3. The Morgan fingerprint density at radius 2 is 2.10 bits per heavy atom. The lowest BCUT2D eigenvalue weighted by Crippen LogP contribution is -2.31. The number of aryl methyl sites for hydroxylation is 1. The van der Waals surface area contributed by atoms with Gasteiger partial charge in [-0.1, -0.05) is 29.8 Å². The van der Waals surface area contributed by atoms with Gasteiger partial charge in [0, 0.05) is 17.1 Å². The zero-order valence-electron chi connectivity index (χ0n) is 11.0. The number of carbonyl (C=O) groups excluding carboxylic acids is 1. The Morgan fingerprint density at radius 1 is 1.30 bits per heavy atom. The van der Waals surface area contributed by atoms with E-state index in [0.29, 0.717) is 11.4 Å². The number of amides is 1. The van der Waals surface area contributed by atoms with Crippen LogP contribution in [-0.2, 0) is 11.2 Å². The summed E-state index contributed by atoms with van der Waals surface area (Å²) in [6.07, 6.45) is 0.0521. The molecule has 3 nitrogen and oxygen atoms in total. The highest BCUT2D eigenvalue weighted by Crippen LogP contribution is 2.31. The molecule has 3 rings (SSSR count). The van der Waals surface area contributed by atoms with E-state index in [1.54, 1.807) is 12.1 Å². The maximum Gasteiger partial charge on any atom is 0.265 e. The molecule has 1 heterocycles. The van der Waals surface area contributed by atoms with Crippen molar-refractivity contribution in [2.45, 2.75) is 19.4 Å². The molecule has 1 amide bonds. The first-order chi connectivity index (χ1) is 9.63. The van der Waals surface area contributed by atoms with Gasteiger partial charge in [0.2, 0.25) is 0 Å². The van der Waals surface area contributed by atoms with Crippen LogP contribution in [0.2, 0.25) is 5.02 Å². The Morgan fingerprint density at radius 3 is 2.90 bits per heavy atom. The molecular weight excluding hydrogens is 274 g/mol. The number of carbonyl (C=O) groups is 1. The highest BCUT2D eigenvalue weighted by molar-refractivity contribution is 6.30. The SMILES string of the molecule is Cc1ccccc1NC(=O)[C@H]1Cc2cc(Cl)ccc2O1. The molecule has 1 atom stereocenters. The molecule has 2 aromatic rings. The molecule has 1 N–H and O–H groups in total. The quantitative estimate of drug-likeness (QED) is 0.917. The van der Waals surface area contributed by atoms with E-state index in [1.165, 1.54) is 0 Å². The minimum atomic E-state index is -0.497. The minimum Gasteiger partial charge on any atom is -0.480 e. The number of rotatable bonds is 2. The molecule has 1 aliphatic rings. The highest BCUT2D eigenvalue weighted by Gasteiger charge is 2.29. The fourth-order valence-electron chi connectivity index (χ4n) is 2.29. The molecule has 0 saturated carbocycles. The average molecular weight is 288 g/mol. The van der Waals surface area contributed by atoms with Gasteiger partial charge in [-0.25, -0.2) is 0 Å². The van der Waals surface area contributed by atoms with Crippen LogP contribution < -0.4 is 10.1 Å². The van der Waals surface area contributed by atoms with E-state index < -0.39 is 6.10 Å². The van der Waals surface area contributed by atoms with E-state index >= 15 is 0 Å². The molecule has 102 valence electrons. The lowest BCUT2D eigenvalue weighted by Gasteiger charge is -2.12. The topological polar surface area (TPSA) is 38.3 Å². The van der Waals surface area contributed by atoms with Gasteiger partial charge in [-0.05, 0) is 42.3 Å². The Labute approximate surface area is 122 Å². The van der Waals surface area contributed by atoms with Gasteiger partial charge in [0.05, 0.1) is 0 Å². The zero-order chi connectivity index (χ0) is 14.1. The fourth-order valence-corrected chi connectivity index (χ4v) is 2.48. The predicted octanol–water partition coefficient (Wildman–Crippen LogP) is 3.59. The maximum absolute atomic E-state index is 12.3. The van der Waals surface area contributed by atoms with Gasteiger partial charge in [-0.15, -0.1) is 0 Å². The van der Waals surface area contributed by atoms with Crippen LogP contribution >= 0.6 is 11.6 Å². The second kappa shape index (κ2) is 5.17. The molecular formula is C16H14ClNO2. The monoisotopic (exact) mass is 287 g/mol. The molecule has 0 saturated heterocycles. The van der Waals surface area contributed by atoms with Crippen molar-refractivity contribution in [2.75, 3.05) is 5.32 Å². The predicted molar refractivity (Wildman–Crippen MR) is 79.4 cm³/mol. The van der Waals surface area contributed by atoms with Crippen molar-refractivity contribution >= 4 is 23.2 Å². The fraction of sp³-hybridized carbons (Fsp3) is 0.188. The summed E-state index contributed by atoms with van der Waals surface area (Å²) < 4.78 is 5.67. The molecule has 0 aromatic heterocycles. The Hall–Kier alpha value is -2.00. The van der Waals surface area contributed by atoms with Crippen LogP contribution in [0.1, 0.15) is 11.1 Å². The third-order valence-electron chi connectivity index (χ3n) is 3.39. The van der Waals surface area contributed by atoms with Gasteiger partial charge >= 0.3 is 0 Å². The number of anilines is 1. The molecule has 2 aromatic carbocycles. The van der Waals surface area contributed by atoms with E-state index in [0.717, 1.165) is 22.6 Å². The summed E-state index contributed by atoms with van der Waals surface area (Å²) in [5.41, 5.74) is 2.82. The van der Waals surface area contributed by atoms with Gasteiger partial charge in [0.25, 0.3) is 5.91 Å². The van der Waals surface area contributed by atoms with Gasteiger partial charge in [0.15, 0.2) is 6.10 Å². The lowest BCUT2D eigenvalue weighted by molar-refractivity contribution is -0.122. The van der Waals surface area contributed by atoms with Crippen molar-refractivity contribution in [1.29, 1.82) is 0 Å².